The highest BCUT2D eigenvalue weighted by Crippen LogP contribution is 2.31. The molecule has 0 fully saturated rings. The summed E-state index contributed by atoms with van der Waals surface area (Å²) in [4.78, 5) is 33.2. The van der Waals surface area contributed by atoms with Crippen LogP contribution in [0.5, 0.6) is 0 Å². The van der Waals surface area contributed by atoms with Crippen LogP contribution in [0.25, 0.3) is 16.8 Å². The van der Waals surface area contributed by atoms with Crippen molar-refractivity contribution in [1.29, 1.82) is 0 Å². The summed E-state index contributed by atoms with van der Waals surface area (Å²) in [7, 11) is 0. The molecule has 0 saturated carbocycles. The molecule has 35 heavy (non-hydrogen) atoms. The van der Waals surface area contributed by atoms with E-state index < -0.39 is 12.0 Å². The van der Waals surface area contributed by atoms with E-state index in [-0.39, 0.29) is 12.2 Å². The first-order valence-electron chi connectivity index (χ1n) is 11.3. The smallest absolute Gasteiger partial charge is 0.338 e. The highest BCUT2D eigenvalue weighted by atomic mass is 32.2. The van der Waals surface area contributed by atoms with Crippen LogP contribution < -0.4 is 14.9 Å². The molecular weight excluding hydrogens is 476 g/mol. The van der Waals surface area contributed by atoms with Crippen molar-refractivity contribution in [3.8, 4) is 0 Å². The maximum atomic E-state index is 13.8. The zero-order valence-corrected chi connectivity index (χ0v) is 21.3. The minimum absolute atomic E-state index is 0.171. The summed E-state index contributed by atoms with van der Waals surface area (Å²) in [6.45, 7) is 3.83. The van der Waals surface area contributed by atoms with Crippen molar-refractivity contribution in [2.75, 3.05) is 12.9 Å². The minimum Gasteiger partial charge on any atom is -0.463 e. The number of carbonyl (C=O) groups is 1. The molecule has 1 aliphatic heterocycles. The second kappa shape index (κ2) is 9.68. The highest BCUT2D eigenvalue weighted by Gasteiger charge is 2.33. The molecule has 0 N–H and O–H groups in total. The second-order valence-corrected chi connectivity index (χ2v) is 10.0. The third-order valence-electron chi connectivity index (χ3n) is 6.06. The number of allylic oxidation sites excluding steroid dienone is 1. The molecule has 3 aromatic carbocycles. The Morgan fingerprint density at radius 2 is 1.86 bits per heavy atom. The van der Waals surface area contributed by atoms with Gasteiger partial charge in [0.1, 0.15) is 0 Å². The third-order valence-corrected chi connectivity index (χ3v) is 7.79. The summed E-state index contributed by atoms with van der Waals surface area (Å²) in [5.41, 5.74) is 2.61. The zero-order valence-electron chi connectivity index (χ0n) is 19.6. The second-order valence-electron chi connectivity index (χ2n) is 8.14. The topological polar surface area (TPSA) is 60.7 Å². The van der Waals surface area contributed by atoms with Crippen molar-refractivity contribution in [3.63, 3.8) is 0 Å². The molecule has 5 nitrogen and oxygen atoms in total. The predicted molar refractivity (Wildman–Crippen MR) is 143 cm³/mol. The van der Waals surface area contributed by atoms with Gasteiger partial charge in [-0.15, -0.1) is 11.8 Å². The van der Waals surface area contributed by atoms with Gasteiger partial charge in [-0.2, -0.15) is 0 Å². The largest absolute Gasteiger partial charge is 0.463 e. The molecule has 0 amide bonds. The number of thiazole rings is 1. The maximum absolute atomic E-state index is 13.8. The van der Waals surface area contributed by atoms with Gasteiger partial charge in [0.05, 0.1) is 28.5 Å². The van der Waals surface area contributed by atoms with Gasteiger partial charge in [0.15, 0.2) is 4.80 Å². The highest BCUT2D eigenvalue weighted by molar-refractivity contribution is 7.98. The maximum Gasteiger partial charge on any atom is 0.338 e. The van der Waals surface area contributed by atoms with Crippen LogP contribution in [-0.4, -0.2) is 23.4 Å². The molecule has 0 spiro atoms. The van der Waals surface area contributed by atoms with Gasteiger partial charge >= 0.3 is 5.97 Å². The summed E-state index contributed by atoms with van der Waals surface area (Å²) < 4.78 is 7.58. The van der Waals surface area contributed by atoms with Crippen LogP contribution in [0.4, 0.5) is 0 Å². The predicted octanol–water partition coefficient (Wildman–Crippen LogP) is 4.67. The molecular formula is C28H24N2O3S2. The molecule has 7 heteroatoms. The summed E-state index contributed by atoms with van der Waals surface area (Å²) in [5.74, 6) is -0.448. The van der Waals surface area contributed by atoms with Gasteiger partial charge in [0.25, 0.3) is 5.56 Å². The first kappa shape index (κ1) is 23.3. The van der Waals surface area contributed by atoms with Crippen LogP contribution in [0.15, 0.2) is 92.7 Å². The average molecular weight is 501 g/mol. The quantitative estimate of drug-likeness (QED) is 0.295. The third kappa shape index (κ3) is 4.26. The fourth-order valence-corrected chi connectivity index (χ4v) is 5.86. The van der Waals surface area contributed by atoms with Crippen LogP contribution in [0, 0.1) is 0 Å². The van der Waals surface area contributed by atoms with Crippen molar-refractivity contribution in [2.24, 2.45) is 4.99 Å². The molecule has 0 aliphatic carbocycles. The number of thioether (sulfide) groups is 1. The number of nitrogens with zero attached hydrogens (tertiary/aromatic N) is 2. The van der Waals surface area contributed by atoms with E-state index in [4.69, 9.17) is 4.74 Å². The Labute approximate surface area is 211 Å². The SMILES string of the molecule is CCOC(=O)C1=C(C)N=c2s/c(=C\c3cccc4ccccc34)c(=O)n2[C@H]1c1ccc(SC)cc1. The number of hydrogen-bond acceptors (Lipinski definition) is 6. The molecule has 2 heterocycles. The Morgan fingerprint density at radius 3 is 2.60 bits per heavy atom. The van der Waals surface area contributed by atoms with Gasteiger partial charge in [-0.3, -0.25) is 9.36 Å². The van der Waals surface area contributed by atoms with Crippen LogP contribution in [0.1, 0.15) is 31.0 Å². The van der Waals surface area contributed by atoms with E-state index in [0.29, 0.717) is 20.6 Å². The normalized spacial score (nSPS) is 15.7. The van der Waals surface area contributed by atoms with Gasteiger partial charge in [-0.05, 0) is 60.2 Å². The zero-order chi connectivity index (χ0) is 24.5. The summed E-state index contributed by atoms with van der Waals surface area (Å²) in [6, 6.07) is 21.5. The van der Waals surface area contributed by atoms with Gasteiger partial charge in [-0.25, -0.2) is 9.79 Å². The lowest BCUT2D eigenvalue weighted by molar-refractivity contribution is -0.139. The molecule has 5 rings (SSSR count). The summed E-state index contributed by atoms with van der Waals surface area (Å²) in [5, 5.41) is 2.19. The number of aromatic nitrogens is 1. The Balaban J connectivity index is 1.74. The van der Waals surface area contributed by atoms with E-state index in [0.717, 1.165) is 26.8 Å². The number of rotatable bonds is 5. The number of benzene rings is 3. The van der Waals surface area contributed by atoms with E-state index >= 15 is 0 Å². The molecule has 0 radical (unpaired) electrons. The number of ether oxygens (including phenoxy) is 1. The lowest BCUT2D eigenvalue weighted by Gasteiger charge is -2.24. The van der Waals surface area contributed by atoms with Crippen molar-refractivity contribution < 1.29 is 9.53 Å². The van der Waals surface area contributed by atoms with E-state index in [1.807, 2.05) is 60.9 Å². The monoisotopic (exact) mass is 500 g/mol. The molecule has 176 valence electrons. The molecule has 1 aromatic heterocycles. The van der Waals surface area contributed by atoms with Crippen LogP contribution in [0.2, 0.25) is 0 Å². The van der Waals surface area contributed by atoms with Crippen molar-refractivity contribution in [2.45, 2.75) is 24.8 Å². The average Bonchev–Trinajstić information content (AvgIpc) is 3.18. The minimum atomic E-state index is -0.601. The number of fused-ring (bicyclic) bond motifs is 2. The first-order valence-corrected chi connectivity index (χ1v) is 13.4. The van der Waals surface area contributed by atoms with E-state index in [1.165, 1.54) is 11.3 Å². The Kier molecular flexibility index (Phi) is 6.45. The molecule has 1 atom stereocenters. The Hall–Kier alpha value is -3.42. The van der Waals surface area contributed by atoms with Crippen LogP contribution >= 0.6 is 23.1 Å². The summed E-state index contributed by atoms with van der Waals surface area (Å²) in [6.07, 6.45) is 3.93. The molecule has 4 aromatic rings. The van der Waals surface area contributed by atoms with Gasteiger partial charge in [0, 0.05) is 4.90 Å². The summed E-state index contributed by atoms with van der Waals surface area (Å²) >= 11 is 2.98. The molecule has 0 saturated heterocycles. The van der Waals surface area contributed by atoms with Crippen LogP contribution in [-0.2, 0) is 9.53 Å². The van der Waals surface area contributed by atoms with Gasteiger partial charge in [0.2, 0.25) is 0 Å². The van der Waals surface area contributed by atoms with Crippen molar-refractivity contribution >= 4 is 45.9 Å². The molecule has 0 unspecified atom stereocenters. The fourth-order valence-electron chi connectivity index (χ4n) is 4.41. The Morgan fingerprint density at radius 1 is 1.11 bits per heavy atom. The number of hydrogen-bond donors (Lipinski definition) is 0. The van der Waals surface area contributed by atoms with E-state index in [1.54, 1.807) is 30.2 Å². The fraction of sp³-hybridized carbons (Fsp3) is 0.179. The Bertz CT molecular complexity index is 1640. The van der Waals surface area contributed by atoms with Gasteiger partial charge < -0.3 is 4.74 Å². The first-order chi connectivity index (χ1) is 17.0. The number of carbonyl (C=O) groups excluding carboxylic acids is 1. The number of esters is 1. The van der Waals surface area contributed by atoms with Gasteiger partial charge in [-0.1, -0.05) is 65.9 Å². The van der Waals surface area contributed by atoms with E-state index in [9.17, 15) is 9.59 Å². The molecule has 0 bridgehead atoms. The lowest BCUT2D eigenvalue weighted by Crippen LogP contribution is -2.39. The van der Waals surface area contributed by atoms with Crippen molar-refractivity contribution in [3.05, 3.63) is 109 Å². The lowest BCUT2D eigenvalue weighted by atomic mass is 9.96. The molecule has 1 aliphatic rings. The van der Waals surface area contributed by atoms with Crippen LogP contribution in [0.3, 0.4) is 0 Å². The standard InChI is InChI=1S/C28H24N2O3S2/c1-4-33-27(32)24-17(2)29-28-30(25(24)19-12-14-21(34-3)15-13-19)26(31)23(35-28)16-20-10-7-9-18-8-5-6-11-22(18)20/h5-16,25H,4H2,1-3H3/b23-16-/t25-/m0/s1. The van der Waals surface area contributed by atoms with Crippen molar-refractivity contribution in [1.82, 2.24) is 4.57 Å². The van der Waals surface area contributed by atoms with E-state index in [2.05, 4.69) is 23.2 Å².